The van der Waals surface area contributed by atoms with Crippen LogP contribution in [0, 0.1) is 0 Å². The number of ether oxygens (including phenoxy) is 1. The number of hydrogen-bond acceptors (Lipinski definition) is 6. The number of benzene rings is 2. The number of rotatable bonds is 6. The molecule has 2 heterocycles. The van der Waals surface area contributed by atoms with Crippen LogP contribution in [0.1, 0.15) is 48.7 Å². The van der Waals surface area contributed by atoms with Gasteiger partial charge < -0.3 is 14.9 Å². The Morgan fingerprint density at radius 1 is 1.12 bits per heavy atom. The van der Waals surface area contributed by atoms with Gasteiger partial charge in [0, 0.05) is 10.4 Å². The zero-order valence-corrected chi connectivity index (χ0v) is 19.4. The molecule has 1 atom stereocenters. The van der Waals surface area contributed by atoms with E-state index in [4.69, 9.17) is 4.74 Å². The Balaban J connectivity index is 1.91. The van der Waals surface area contributed by atoms with E-state index in [2.05, 4.69) is 0 Å². The topological polar surface area (TPSA) is 87.1 Å². The second-order valence-electron chi connectivity index (χ2n) is 8.01. The third-order valence-corrected chi connectivity index (χ3v) is 6.53. The van der Waals surface area contributed by atoms with Crippen LogP contribution in [0.4, 0.5) is 5.69 Å². The number of aliphatic hydroxyl groups excluding tert-OH is 1. The maximum absolute atomic E-state index is 13.2. The lowest BCUT2D eigenvalue weighted by atomic mass is 9.95. The average Bonchev–Trinajstić information content (AvgIpc) is 3.41. The second kappa shape index (κ2) is 9.11. The van der Waals surface area contributed by atoms with E-state index in [1.807, 2.05) is 32.2 Å². The van der Waals surface area contributed by atoms with Crippen molar-refractivity contribution >= 4 is 34.5 Å². The Labute approximate surface area is 196 Å². The van der Waals surface area contributed by atoms with Crippen LogP contribution >= 0.6 is 11.3 Å². The highest BCUT2D eigenvalue weighted by Crippen LogP contribution is 2.46. The molecule has 33 heavy (non-hydrogen) atoms. The Hall–Kier alpha value is -3.58. The number of phenolic OH excluding ortho intramolecular Hbond substituents is 1. The van der Waals surface area contributed by atoms with E-state index in [9.17, 15) is 19.8 Å². The highest BCUT2D eigenvalue weighted by molar-refractivity contribution is 7.10. The number of para-hydroxylation sites is 2. The molecule has 0 spiro atoms. The van der Waals surface area contributed by atoms with Crippen LogP contribution in [0.25, 0.3) is 5.76 Å². The molecule has 7 heteroatoms. The summed E-state index contributed by atoms with van der Waals surface area (Å²) in [6.45, 7) is 6.45. The lowest BCUT2D eigenvalue weighted by Crippen LogP contribution is -2.29. The smallest absolute Gasteiger partial charge is 0.300 e. The second-order valence-corrected chi connectivity index (χ2v) is 8.99. The lowest BCUT2D eigenvalue weighted by Gasteiger charge is -2.24. The number of carbonyl (C=O) groups is 2. The molecule has 1 fully saturated rings. The van der Waals surface area contributed by atoms with Gasteiger partial charge in [0.25, 0.3) is 11.7 Å². The molecule has 1 saturated heterocycles. The predicted octanol–water partition coefficient (Wildman–Crippen LogP) is 5.60. The monoisotopic (exact) mass is 463 g/mol. The molecular formula is C26H25NO5S. The van der Waals surface area contributed by atoms with Gasteiger partial charge in [-0.2, -0.15) is 0 Å². The van der Waals surface area contributed by atoms with Crippen molar-refractivity contribution < 1.29 is 24.5 Å². The zero-order chi connectivity index (χ0) is 23.7. The molecule has 1 aromatic heterocycles. The summed E-state index contributed by atoms with van der Waals surface area (Å²) >= 11 is 1.37. The van der Waals surface area contributed by atoms with Crippen LogP contribution in [0.3, 0.4) is 0 Å². The van der Waals surface area contributed by atoms with Crippen LogP contribution in [-0.2, 0) is 9.59 Å². The summed E-state index contributed by atoms with van der Waals surface area (Å²) in [6, 6.07) is 14.4. The normalized spacial score (nSPS) is 17.7. The maximum atomic E-state index is 13.2. The molecule has 0 aliphatic carbocycles. The number of ketones is 1. The molecule has 0 radical (unpaired) electrons. The molecule has 1 aliphatic rings. The minimum Gasteiger partial charge on any atom is -0.507 e. The first-order chi connectivity index (χ1) is 15.8. The number of Topliss-reactive ketones (excluding diaryl/α,β-unsaturated/α-hetero) is 1. The molecule has 0 saturated carbocycles. The van der Waals surface area contributed by atoms with Gasteiger partial charge in [-0.25, -0.2) is 0 Å². The summed E-state index contributed by atoms with van der Waals surface area (Å²) in [7, 11) is 0. The van der Waals surface area contributed by atoms with Crippen molar-refractivity contribution in [2.24, 2.45) is 0 Å². The first-order valence-electron chi connectivity index (χ1n) is 10.7. The van der Waals surface area contributed by atoms with Crippen LogP contribution in [-0.4, -0.2) is 28.5 Å². The average molecular weight is 464 g/mol. The van der Waals surface area contributed by atoms with Crippen molar-refractivity contribution in [1.82, 2.24) is 0 Å². The van der Waals surface area contributed by atoms with Gasteiger partial charge in [-0.15, -0.1) is 11.3 Å². The van der Waals surface area contributed by atoms with E-state index in [1.165, 1.54) is 22.3 Å². The van der Waals surface area contributed by atoms with E-state index in [0.29, 0.717) is 22.8 Å². The summed E-state index contributed by atoms with van der Waals surface area (Å²) in [5.41, 5.74) is 1.53. The number of anilines is 1. The third kappa shape index (κ3) is 4.00. The molecule has 6 nitrogen and oxygen atoms in total. The molecule has 3 aromatic rings. The van der Waals surface area contributed by atoms with Crippen LogP contribution < -0.4 is 9.64 Å². The molecule has 1 unspecified atom stereocenters. The number of phenols is 1. The van der Waals surface area contributed by atoms with Crippen molar-refractivity contribution in [3.8, 4) is 11.5 Å². The minimum absolute atomic E-state index is 0.00966. The largest absolute Gasteiger partial charge is 0.507 e. The number of hydrogen-bond donors (Lipinski definition) is 2. The van der Waals surface area contributed by atoms with Crippen molar-refractivity contribution in [2.75, 3.05) is 11.5 Å². The van der Waals surface area contributed by atoms with Crippen LogP contribution in [0.15, 0.2) is 65.6 Å². The third-order valence-electron chi connectivity index (χ3n) is 5.60. The fourth-order valence-corrected chi connectivity index (χ4v) is 4.88. The number of aromatic hydroxyl groups is 1. The maximum Gasteiger partial charge on any atom is 0.300 e. The fourth-order valence-electron chi connectivity index (χ4n) is 4.05. The molecular weight excluding hydrogens is 438 g/mol. The van der Waals surface area contributed by atoms with Gasteiger partial charge in [0.2, 0.25) is 0 Å². The quantitative estimate of drug-likeness (QED) is 0.282. The molecule has 1 aliphatic heterocycles. The first kappa shape index (κ1) is 22.6. The number of amides is 1. The van der Waals surface area contributed by atoms with Gasteiger partial charge >= 0.3 is 0 Å². The van der Waals surface area contributed by atoms with E-state index in [1.54, 1.807) is 42.5 Å². The van der Waals surface area contributed by atoms with Gasteiger partial charge in [-0.05, 0) is 60.2 Å². The molecule has 0 bridgehead atoms. The fraction of sp³-hybridized carbons (Fsp3) is 0.231. The van der Waals surface area contributed by atoms with Crippen molar-refractivity contribution in [3.63, 3.8) is 0 Å². The molecule has 2 N–H and O–H groups in total. The van der Waals surface area contributed by atoms with Crippen LogP contribution in [0.2, 0.25) is 0 Å². The van der Waals surface area contributed by atoms with Gasteiger partial charge in [0.1, 0.15) is 23.3 Å². The number of thiophene rings is 1. The summed E-state index contributed by atoms with van der Waals surface area (Å²) in [5.74, 6) is -1.14. The molecule has 170 valence electrons. The molecule has 1 amide bonds. The highest BCUT2D eigenvalue weighted by atomic mass is 32.1. The van der Waals surface area contributed by atoms with E-state index in [0.717, 1.165) is 5.56 Å². The van der Waals surface area contributed by atoms with Crippen molar-refractivity contribution in [1.29, 1.82) is 0 Å². The number of nitrogens with zero attached hydrogens (tertiary/aromatic N) is 1. The molecule has 4 rings (SSSR count). The van der Waals surface area contributed by atoms with E-state index in [-0.39, 0.29) is 28.7 Å². The van der Waals surface area contributed by atoms with Gasteiger partial charge in [-0.1, -0.05) is 32.0 Å². The Morgan fingerprint density at radius 2 is 1.88 bits per heavy atom. The van der Waals surface area contributed by atoms with E-state index >= 15 is 0 Å². The predicted molar refractivity (Wildman–Crippen MR) is 129 cm³/mol. The Kier molecular flexibility index (Phi) is 6.24. The van der Waals surface area contributed by atoms with Crippen molar-refractivity contribution in [3.05, 3.63) is 81.6 Å². The lowest BCUT2D eigenvalue weighted by molar-refractivity contribution is -0.132. The van der Waals surface area contributed by atoms with Crippen molar-refractivity contribution in [2.45, 2.75) is 32.7 Å². The van der Waals surface area contributed by atoms with Gasteiger partial charge in [0.05, 0.1) is 17.9 Å². The summed E-state index contributed by atoms with van der Waals surface area (Å²) in [6.07, 6.45) is 0. The van der Waals surface area contributed by atoms with Gasteiger partial charge in [-0.3, -0.25) is 14.5 Å². The summed E-state index contributed by atoms with van der Waals surface area (Å²) in [5, 5.41) is 23.6. The minimum atomic E-state index is -0.854. The number of carbonyl (C=O) groups excluding carboxylic acids is 2. The standard InChI is InChI=1S/C26H25NO5S/c1-4-32-20-12-11-16(14-17(20)15(2)3)24(29)22-23(21-10-7-13-33-21)27(26(31)25(22)30)18-8-5-6-9-19(18)28/h5-15,23,28-29H,4H2,1-3H3/b24-22-. The highest BCUT2D eigenvalue weighted by Gasteiger charge is 2.48. The summed E-state index contributed by atoms with van der Waals surface area (Å²) in [4.78, 5) is 28.3. The molecule has 2 aromatic carbocycles. The van der Waals surface area contributed by atoms with Crippen LogP contribution in [0.5, 0.6) is 11.5 Å². The van der Waals surface area contributed by atoms with Gasteiger partial charge in [0.15, 0.2) is 0 Å². The summed E-state index contributed by atoms with van der Waals surface area (Å²) < 4.78 is 5.71. The Morgan fingerprint density at radius 3 is 2.52 bits per heavy atom. The zero-order valence-electron chi connectivity index (χ0n) is 18.6. The Bertz CT molecular complexity index is 1230. The SMILES string of the molecule is CCOc1ccc(/C(O)=C2/C(=O)C(=O)N(c3ccccc3O)C2c2cccs2)cc1C(C)C. The number of aliphatic hydroxyl groups is 1. The van der Waals surface area contributed by atoms with E-state index < -0.39 is 17.7 Å². The first-order valence-corrected chi connectivity index (χ1v) is 11.6.